The van der Waals surface area contributed by atoms with Crippen molar-refractivity contribution in [3.8, 4) is 61.7 Å². The summed E-state index contributed by atoms with van der Waals surface area (Å²) in [5.74, 6) is 1.76. The van der Waals surface area contributed by atoms with Crippen molar-refractivity contribution in [1.82, 2.24) is 4.57 Å². The molecule has 1 spiro atoms. The van der Waals surface area contributed by atoms with Crippen molar-refractivity contribution in [2.75, 3.05) is 9.80 Å². The summed E-state index contributed by atoms with van der Waals surface area (Å²) >= 11 is 0. The highest BCUT2D eigenvalue weighted by molar-refractivity contribution is 7.00. The molecule has 0 N–H and O–H groups in total. The molecule has 0 unspecified atom stereocenters. The van der Waals surface area contributed by atoms with Gasteiger partial charge in [0.15, 0.2) is 0 Å². The molecule has 0 bridgehead atoms. The summed E-state index contributed by atoms with van der Waals surface area (Å²) in [4.78, 5) is 5.16. The molecule has 0 radical (unpaired) electrons. The van der Waals surface area contributed by atoms with Crippen LogP contribution in [0, 0.1) is 0 Å². The summed E-state index contributed by atoms with van der Waals surface area (Å²) in [5.41, 5.74) is 27.6. The number of hydrogen-bond acceptors (Lipinski definition) is 3. The van der Waals surface area contributed by atoms with E-state index in [4.69, 9.17) is 4.74 Å². The molecule has 1 aromatic heterocycles. The van der Waals surface area contributed by atoms with E-state index in [1.165, 1.54) is 82.8 Å². The number of para-hydroxylation sites is 4. The van der Waals surface area contributed by atoms with Crippen LogP contribution in [-0.4, -0.2) is 11.3 Å². The molecular weight excluding hydrogens is 1020 g/mol. The summed E-state index contributed by atoms with van der Waals surface area (Å²) in [5, 5.41) is 2.45. The van der Waals surface area contributed by atoms with Gasteiger partial charge < -0.3 is 19.1 Å². The molecule has 14 aromatic rings. The molecule has 4 aliphatic rings. The van der Waals surface area contributed by atoms with E-state index < -0.39 is 5.41 Å². The predicted octanol–water partition coefficient (Wildman–Crippen LogP) is 18.3. The molecule has 5 heteroatoms. The molecular formula is C79H50BN3O. The summed E-state index contributed by atoms with van der Waals surface area (Å²) in [7, 11) is 0. The van der Waals surface area contributed by atoms with E-state index >= 15 is 0 Å². The summed E-state index contributed by atoms with van der Waals surface area (Å²) in [6, 6.07) is 113. The lowest BCUT2D eigenvalue weighted by atomic mass is 9.33. The van der Waals surface area contributed by atoms with Crippen LogP contribution in [0.5, 0.6) is 11.5 Å². The Balaban J connectivity index is 0.986. The highest BCUT2D eigenvalue weighted by Gasteiger charge is 2.53. The van der Waals surface area contributed by atoms with Crippen LogP contribution in [0.2, 0.25) is 0 Å². The Morgan fingerprint density at radius 1 is 0.286 bits per heavy atom. The zero-order valence-electron chi connectivity index (χ0n) is 45.7. The minimum atomic E-state index is -0.673. The van der Waals surface area contributed by atoms with E-state index in [0.717, 1.165) is 73.5 Å². The topological polar surface area (TPSA) is 20.6 Å². The monoisotopic (exact) mass is 1070 g/mol. The van der Waals surface area contributed by atoms with E-state index in [1.807, 2.05) is 0 Å². The Labute approximate surface area is 488 Å². The van der Waals surface area contributed by atoms with E-state index in [9.17, 15) is 0 Å². The van der Waals surface area contributed by atoms with Crippen molar-refractivity contribution < 1.29 is 4.74 Å². The standard InChI is InChI=1S/C79H50BN3O/c1-4-20-51(21-5-1)54-36-41-57(42-37-54)81-72-45-40-56(53-24-8-3-9-25-53)46-68(72)80-69-50-67-63(60-26-10-13-29-64(60)79(67)65-30-14-18-34-76(65)84-77-35-19-15-31-66(77)79)49-73(69)82(58-43-38-55(39-44-58)52-22-6-2-7-23-52)75-48-59(47-74(81)78(75)80)83-70-32-16-11-27-61(70)62-28-12-17-33-71(62)83/h1-50H. The summed E-state index contributed by atoms with van der Waals surface area (Å²) in [6.45, 7) is -0.202. The zero-order chi connectivity index (χ0) is 55.0. The lowest BCUT2D eigenvalue weighted by Gasteiger charge is -2.45. The Kier molecular flexibility index (Phi) is 10.1. The fourth-order valence-electron chi connectivity index (χ4n) is 14.9. The van der Waals surface area contributed by atoms with Crippen LogP contribution < -0.4 is 30.9 Å². The van der Waals surface area contributed by atoms with Gasteiger partial charge >= 0.3 is 0 Å². The quantitative estimate of drug-likeness (QED) is 0.155. The SMILES string of the molecule is c1ccc(-c2ccc(N3c4ccc(-c5ccccc5)cc4B4c5cc6c(cc5N(c5ccc(-c7ccccc7)cc5)c5cc(-n7c8ccccc8c8ccccc87)cc3c54)-c3ccccc3C63c4ccccc4Oc4ccccc43)cc2)cc1. The third-order valence-electron chi connectivity index (χ3n) is 18.4. The second-order valence-corrected chi connectivity index (χ2v) is 22.7. The summed E-state index contributed by atoms with van der Waals surface area (Å²) in [6.07, 6.45) is 0. The molecule has 0 saturated carbocycles. The average molecular weight is 1070 g/mol. The van der Waals surface area contributed by atoms with E-state index in [-0.39, 0.29) is 6.71 Å². The van der Waals surface area contributed by atoms with Crippen molar-refractivity contribution in [3.63, 3.8) is 0 Å². The Hall–Kier alpha value is -10.9. The van der Waals surface area contributed by atoms with Crippen molar-refractivity contribution in [2.24, 2.45) is 0 Å². The second-order valence-electron chi connectivity index (χ2n) is 22.7. The van der Waals surface area contributed by atoms with Gasteiger partial charge in [-0.1, -0.05) is 231 Å². The number of anilines is 6. The zero-order valence-corrected chi connectivity index (χ0v) is 45.7. The first-order valence-electron chi connectivity index (χ1n) is 29.1. The van der Waals surface area contributed by atoms with Crippen LogP contribution in [0.25, 0.3) is 72.0 Å². The number of nitrogens with zero attached hydrogens (tertiary/aromatic N) is 3. The van der Waals surface area contributed by atoms with Gasteiger partial charge in [0.2, 0.25) is 0 Å². The van der Waals surface area contributed by atoms with Gasteiger partial charge in [0, 0.05) is 56.0 Å². The van der Waals surface area contributed by atoms with Crippen LogP contribution in [0.1, 0.15) is 22.3 Å². The van der Waals surface area contributed by atoms with Crippen molar-refractivity contribution >= 4 is 79.0 Å². The minimum absolute atomic E-state index is 0.202. The smallest absolute Gasteiger partial charge is 0.252 e. The van der Waals surface area contributed by atoms with Crippen LogP contribution >= 0.6 is 0 Å². The largest absolute Gasteiger partial charge is 0.457 e. The van der Waals surface area contributed by atoms with Crippen molar-refractivity contribution in [1.29, 1.82) is 0 Å². The van der Waals surface area contributed by atoms with Crippen molar-refractivity contribution in [2.45, 2.75) is 5.41 Å². The molecule has 0 atom stereocenters. The fourth-order valence-corrected chi connectivity index (χ4v) is 14.9. The number of hydrogen-bond donors (Lipinski definition) is 0. The summed E-state index contributed by atoms with van der Waals surface area (Å²) < 4.78 is 9.40. The number of fused-ring (bicyclic) bond motifs is 16. The average Bonchev–Trinajstić information content (AvgIpc) is 1.39. The van der Waals surface area contributed by atoms with Gasteiger partial charge in [0.05, 0.1) is 22.1 Å². The first-order chi connectivity index (χ1) is 41.7. The Bertz CT molecular complexity index is 4900. The number of ether oxygens (including phenoxy) is 1. The van der Waals surface area contributed by atoms with Crippen LogP contribution in [0.15, 0.2) is 303 Å². The lowest BCUT2D eigenvalue weighted by Crippen LogP contribution is -2.61. The molecule has 0 fully saturated rings. The number of benzene rings is 13. The van der Waals surface area contributed by atoms with Crippen LogP contribution in [-0.2, 0) is 5.41 Å². The fraction of sp³-hybridized carbons (Fsp3) is 0.0127. The highest BCUT2D eigenvalue weighted by Crippen LogP contribution is 2.63. The second kappa shape index (κ2) is 18.1. The highest BCUT2D eigenvalue weighted by atomic mass is 16.5. The van der Waals surface area contributed by atoms with Gasteiger partial charge in [-0.05, 0) is 145 Å². The molecule has 13 aromatic carbocycles. The van der Waals surface area contributed by atoms with E-state index in [1.54, 1.807) is 0 Å². The normalized spacial score (nSPS) is 13.6. The first-order valence-corrected chi connectivity index (χ1v) is 29.1. The molecule has 4 heterocycles. The molecule has 18 rings (SSSR count). The maximum atomic E-state index is 6.90. The maximum absolute atomic E-state index is 6.90. The first kappa shape index (κ1) is 46.8. The van der Waals surface area contributed by atoms with Crippen LogP contribution in [0.3, 0.4) is 0 Å². The molecule has 3 aliphatic heterocycles. The molecule has 84 heavy (non-hydrogen) atoms. The lowest BCUT2D eigenvalue weighted by molar-refractivity contribution is 0.436. The van der Waals surface area contributed by atoms with Crippen molar-refractivity contribution in [3.05, 3.63) is 326 Å². The minimum Gasteiger partial charge on any atom is -0.457 e. The third-order valence-corrected chi connectivity index (χ3v) is 18.4. The van der Waals surface area contributed by atoms with Gasteiger partial charge in [0.1, 0.15) is 11.5 Å². The molecule has 1 aliphatic carbocycles. The van der Waals surface area contributed by atoms with Gasteiger partial charge in [-0.3, -0.25) is 0 Å². The third kappa shape index (κ3) is 6.66. The molecule has 0 saturated heterocycles. The van der Waals surface area contributed by atoms with Gasteiger partial charge in [-0.2, -0.15) is 0 Å². The Morgan fingerprint density at radius 2 is 0.726 bits per heavy atom. The Morgan fingerprint density at radius 3 is 1.30 bits per heavy atom. The molecule has 390 valence electrons. The van der Waals surface area contributed by atoms with Gasteiger partial charge in [-0.15, -0.1) is 0 Å². The van der Waals surface area contributed by atoms with Gasteiger partial charge in [0.25, 0.3) is 6.71 Å². The van der Waals surface area contributed by atoms with E-state index in [0.29, 0.717) is 0 Å². The molecule has 0 amide bonds. The maximum Gasteiger partial charge on any atom is 0.252 e. The van der Waals surface area contributed by atoms with E-state index in [2.05, 4.69) is 318 Å². The van der Waals surface area contributed by atoms with Gasteiger partial charge in [-0.25, -0.2) is 0 Å². The number of rotatable bonds is 6. The molecule has 4 nitrogen and oxygen atoms in total. The van der Waals surface area contributed by atoms with Crippen LogP contribution in [0.4, 0.5) is 34.1 Å². The number of aromatic nitrogens is 1. The predicted molar refractivity (Wildman–Crippen MR) is 348 cm³/mol.